The van der Waals surface area contributed by atoms with Crippen molar-refractivity contribution < 1.29 is 18.8 Å². The zero-order valence-electron chi connectivity index (χ0n) is 15.3. The lowest BCUT2D eigenvalue weighted by molar-refractivity contribution is 0.00578. The second-order valence-electron chi connectivity index (χ2n) is 7.66. The van der Waals surface area contributed by atoms with Crippen LogP contribution in [0, 0.1) is 12.7 Å². The molecule has 132 valence electrons. The monoisotopic (exact) mass is 342 g/mol. The van der Waals surface area contributed by atoms with E-state index in [2.05, 4.69) is 0 Å². The molecule has 0 spiro atoms. The Labute approximate surface area is 148 Å². The van der Waals surface area contributed by atoms with Crippen LogP contribution in [0.5, 0.6) is 0 Å². The largest absolute Gasteiger partial charge is 0.495 e. The zero-order chi connectivity index (χ0) is 18.4. The van der Waals surface area contributed by atoms with Crippen molar-refractivity contribution in [2.45, 2.75) is 51.9 Å². The molecule has 0 amide bonds. The number of rotatable bonds is 3. The molecule has 0 aromatic heterocycles. The maximum atomic E-state index is 13.4. The van der Waals surface area contributed by atoms with E-state index in [1.165, 1.54) is 12.1 Å². The summed E-state index contributed by atoms with van der Waals surface area (Å²) >= 11 is 0. The van der Waals surface area contributed by atoms with Crippen molar-refractivity contribution >= 4 is 12.6 Å². The average molecular weight is 342 g/mol. The lowest BCUT2D eigenvalue weighted by Crippen LogP contribution is -2.41. The lowest BCUT2D eigenvalue weighted by atomic mass is 9.75. The third kappa shape index (κ3) is 3.36. The Morgan fingerprint density at radius 1 is 0.960 bits per heavy atom. The molecule has 3 rings (SSSR count). The Bertz CT molecular complexity index is 772. The highest BCUT2D eigenvalue weighted by Gasteiger charge is 2.52. The van der Waals surface area contributed by atoms with Gasteiger partial charge in [-0.3, -0.25) is 0 Å². The van der Waals surface area contributed by atoms with Crippen LogP contribution in [0.25, 0.3) is 0 Å². The summed E-state index contributed by atoms with van der Waals surface area (Å²) in [6.45, 7) is 10.0. The summed E-state index contributed by atoms with van der Waals surface area (Å²) in [4.78, 5) is 0. The molecule has 1 unspecified atom stereocenters. The zero-order valence-corrected chi connectivity index (χ0v) is 15.3. The third-order valence-corrected chi connectivity index (χ3v) is 5.28. The topological polar surface area (TPSA) is 38.7 Å². The fourth-order valence-corrected chi connectivity index (χ4v) is 2.97. The maximum absolute atomic E-state index is 13.4. The van der Waals surface area contributed by atoms with Crippen molar-refractivity contribution in [3.63, 3.8) is 0 Å². The van der Waals surface area contributed by atoms with E-state index >= 15 is 0 Å². The van der Waals surface area contributed by atoms with Gasteiger partial charge in [0.25, 0.3) is 0 Å². The summed E-state index contributed by atoms with van der Waals surface area (Å²) in [5.74, 6) is -0.359. The fourth-order valence-electron chi connectivity index (χ4n) is 2.97. The second-order valence-corrected chi connectivity index (χ2v) is 7.66. The first-order valence-electron chi connectivity index (χ1n) is 8.50. The van der Waals surface area contributed by atoms with E-state index in [0.717, 1.165) is 11.0 Å². The first-order valence-corrected chi connectivity index (χ1v) is 8.50. The minimum Gasteiger partial charge on any atom is -0.399 e. The number of hydrogen-bond donors (Lipinski definition) is 1. The van der Waals surface area contributed by atoms with Crippen LogP contribution in [0.2, 0.25) is 0 Å². The van der Waals surface area contributed by atoms with Crippen molar-refractivity contribution in [3.8, 4) is 0 Å². The molecule has 1 aliphatic heterocycles. The van der Waals surface area contributed by atoms with E-state index in [-0.39, 0.29) is 5.82 Å². The van der Waals surface area contributed by atoms with E-state index in [4.69, 9.17) is 9.31 Å². The van der Waals surface area contributed by atoms with Gasteiger partial charge in [0.05, 0.1) is 11.2 Å². The molecule has 1 N–H and O–H groups in total. The molecule has 2 aromatic carbocycles. The van der Waals surface area contributed by atoms with Crippen molar-refractivity contribution in [1.82, 2.24) is 0 Å². The number of aryl methyl sites for hydroxylation is 1. The molecule has 1 heterocycles. The highest BCUT2D eigenvalue weighted by atomic mass is 19.1. The third-order valence-electron chi connectivity index (χ3n) is 5.28. The predicted molar refractivity (Wildman–Crippen MR) is 97.4 cm³/mol. The first kappa shape index (κ1) is 18.1. The van der Waals surface area contributed by atoms with Crippen LogP contribution < -0.4 is 5.46 Å². The number of aliphatic hydroxyl groups excluding tert-OH is 1. The Morgan fingerprint density at radius 2 is 1.56 bits per heavy atom. The minimum atomic E-state index is -0.873. The van der Waals surface area contributed by atoms with Gasteiger partial charge in [-0.2, -0.15) is 0 Å². The van der Waals surface area contributed by atoms with Crippen LogP contribution in [0.3, 0.4) is 0 Å². The van der Waals surface area contributed by atoms with Crippen LogP contribution in [-0.4, -0.2) is 23.4 Å². The van der Waals surface area contributed by atoms with E-state index in [1.807, 2.05) is 52.8 Å². The molecule has 0 saturated carbocycles. The molecule has 0 bridgehead atoms. The molecule has 5 heteroatoms. The number of hydrogen-bond acceptors (Lipinski definition) is 3. The summed E-state index contributed by atoms with van der Waals surface area (Å²) in [6, 6.07) is 11.7. The summed E-state index contributed by atoms with van der Waals surface area (Å²) in [6.07, 6.45) is -0.873. The molecule has 3 nitrogen and oxygen atoms in total. The summed E-state index contributed by atoms with van der Waals surface area (Å²) in [7, 11) is -0.439. The molecule has 1 aliphatic rings. The number of benzene rings is 2. The minimum absolute atomic E-state index is 0.359. The van der Waals surface area contributed by atoms with E-state index < -0.39 is 24.4 Å². The number of aliphatic hydroxyl groups is 1. The molecular weight excluding hydrogens is 318 g/mol. The van der Waals surface area contributed by atoms with Crippen LogP contribution in [0.4, 0.5) is 4.39 Å². The van der Waals surface area contributed by atoms with Gasteiger partial charge in [-0.25, -0.2) is 4.39 Å². The molecule has 0 radical (unpaired) electrons. The van der Waals surface area contributed by atoms with Gasteiger partial charge < -0.3 is 14.4 Å². The Morgan fingerprint density at radius 3 is 2.12 bits per heavy atom. The Kier molecular flexibility index (Phi) is 4.52. The van der Waals surface area contributed by atoms with Gasteiger partial charge in [0.2, 0.25) is 0 Å². The molecule has 1 fully saturated rings. The molecular formula is C20H24BFO3. The van der Waals surface area contributed by atoms with Gasteiger partial charge >= 0.3 is 7.12 Å². The molecule has 0 aliphatic carbocycles. The highest BCUT2D eigenvalue weighted by molar-refractivity contribution is 6.62. The van der Waals surface area contributed by atoms with Gasteiger partial charge in [0, 0.05) is 0 Å². The average Bonchev–Trinajstić information content (AvgIpc) is 2.74. The Balaban J connectivity index is 1.87. The quantitative estimate of drug-likeness (QED) is 0.868. The van der Waals surface area contributed by atoms with Gasteiger partial charge in [-0.05, 0) is 63.3 Å². The van der Waals surface area contributed by atoms with Crippen molar-refractivity contribution in [2.75, 3.05) is 0 Å². The van der Waals surface area contributed by atoms with Gasteiger partial charge in [0.15, 0.2) is 0 Å². The van der Waals surface area contributed by atoms with Crippen molar-refractivity contribution in [1.29, 1.82) is 0 Å². The maximum Gasteiger partial charge on any atom is 0.495 e. The van der Waals surface area contributed by atoms with Crippen molar-refractivity contribution in [2.24, 2.45) is 0 Å². The molecule has 2 aromatic rings. The Hall–Kier alpha value is -1.69. The first-order chi connectivity index (χ1) is 11.6. The molecule has 25 heavy (non-hydrogen) atoms. The number of halogens is 1. The van der Waals surface area contributed by atoms with Crippen LogP contribution in [-0.2, 0) is 9.31 Å². The van der Waals surface area contributed by atoms with Gasteiger partial charge in [-0.1, -0.05) is 35.9 Å². The smallest absolute Gasteiger partial charge is 0.399 e. The van der Waals surface area contributed by atoms with Gasteiger partial charge in [-0.15, -0.1) is 0 Å². The fraction of sp³-hybridized carbons (Fsp3) is 0.400. The molecule has 1 saturated heterocycles. The van der Waals surface area contributed by atoms with E-state index in [9.17, 15) is 9.50 Å². The molecule has 1 atom stereocenters. The summed E-state index contributed by atoms with van der Waals surface area (Å²) in [5, 5.41) is 10.5. The van der Waals surface area contributed by atoms with Crippen molar-refractivity contribution in [3.05, 3.63) is 65.0 Å². The SMILES string of the molecule is Cc1cc(C(O)c2cccc(F)c2)ccc1B1OC(C)(C)C(C)(C)O1. The highest BCUT2D eigenvalue weighted by Crippen LogP contribution is 2.36. The van der Waals surface area contributed by atoms with Crippen LogP contribution in [0.15, 0.2) is 42.5 Å². The van der Waals surface area contributed by atoms with Crippen LogP contribution in [0.1, 0.15) is 50.5 Å². The second kappa shape index (κ2) is 6.24. The summed E-state index contributed by atoms with van der Waals surface area (Å²) < 4.78 is 25.6. The standard InChI is InChI=1S/C20H24BFO3/c1-13-11-15(18(23)14-7-6-8-16(22)12-14)9-10-17(13)21-24-19(2,3)20(4,5)25-21/h6-12,18,23H,1-5H3. The van der Waals surface area contributed by atoms with Crippen LogP contribution >= 0.6 is 0 Å². The van der Waals surface area contributed by atoms with Gasteiger partial charge in [0.1, 0.15) is 11.9 Å². The van der Waals surface area contributed by atoms with E-state index in [0.29, 0.717) is 11.1 Å². The summed E-state index contributed by atoms with van der Waals surface area (Å²) in [5.41, 5.74) is 2.35. The predicted octanol–water partition coefficient (Wildman–Crippen LogP) is 3.52. The van der Waals surface area contributed by atoms with E-state index in [1.54, 1.807) is 12.1 Å². The lowest BCUT2D eigenvalue weighted by Gasteiger charge is -2.32. The normalized spacial score (nSPS) is 19.9.